The van der Waals surface area contributed by atoms with Crippen LogP contribution in [0.2, 0.25) is 0 Å². The molecule has 0 amide bonds. The monoisotopic (exact) mass is 178 g/mol. The van der Waals surface area contributed by atoms with E-state index in [0.29, 0.717) is 6.61 Å². The minimum absolute atomic E-state index is 0.319. The maximum atomic E-state index is 9.09. The predicted molar refractivity (Wildman–Crippen MR) is 37.2 cm³/mol. The number of rotatable bonds is 1. The highest BCUT2D eigenvalue weighted by molar-refractivity contribution is 8.31. The molecule has 0 saturated carbocycles. The zero-order chi connectivity index (χ0) is 6.99. The molecule has 0 aromatic heterocycles. The van der Waals surface area contributed by atoms with Gasteiger partial charge in [0.25, 0.3) is 0 Å². The predicted octanol–water partition coefficient (Wildman–Crippen LogP) is 1.43. The maximum absolute atomic E-state index is 9.09. The van der Waals surface area contributed by atoms with Crippen molar-refractivity contribution >= 4 is 31.0 Å². The van der Waals surface area contributed by atoms with Gasteiger partial charge in [0, 0.05) is 6.61 Å². The van der Waals surface area contributed by atoms with Crippen LogP contribution in [0.15, 0.2) is 0 Å². The van der Waals surface area contributed by atoms with Crippen molar-refractivity contribution in [2.75, 3.05) is 6.61 Å². The topological polar surface area (TPSA) is 43.3 Å². The van der Waals surface area contributed by atoms with Crippen LogP contribution in [0, 0.1) is 0 Å². The molecule has 1 N–H and O–H groups in total. The van der Waals surface area contributed by atoms with Gasteiger partial charge in [0.05, 0.1) is 0 Å². The first kappa shape index (κ1) is 11.6. The highest BCUT2D eigenvalue weighted by Gasteiger charge is 1.83. The molecule has 0 fully saturated rings. The lowest BCUT2D eigenvalue weighted by Gasteiger charge is -1.73. The summed E-state index contributed by atoms with van der Waals surface area (Å²) in [4.78, 5) is 0. The van der Waals surface area contributed by atoms with Gasteiger partial charge in [-0.1, -0.05) is 6.92 Å². The molecule has 0 bridgehead atoms. The first-order valence-electron chi connectivity index (χ1n) is 2.00. The third-order valence-electron chi connectivity index (χ3n) is 0.224. The lowest BCUT2D eigenvalue weighted by molar-refractivity contribution is 0.295. The second kappa shape index (κ2) is 10.8. The van der Waals surface area contributed by atoms with E-state index in [4.69, 9.17) is 9.66 Å². The van der Waals surface area contributed by atoms with E-state index in [-0.39, 0.29) is 0 Å². The van der Waals surface area contributed by atoms with Crippen molar-refractivity contribution < 1.29 is 9.66 Å². The van der Waals surface area contributed by atoms with Crippen LogP contribution in [-0.2, 0) is 9.60 Å². The van der Waals surface area contributed by atoms with E-state index in [1.807, 2.05) is 6.92 Å². The standard InChI is InChI=1S/C3H8O.Cl2OS/c1-2-3-4;1-4(2)3/h4H,2-3H2,1H3;. The molecule has 0 saturated heterocycles. The van der Waals surface area contributed by atoms with Gasteiger partial charge in [-0.15, -0.1) is 0 Å². The fraction of sp³-hybridized carbons (Fsp3) is 1.00. The summed E-state index contributed by atoms with van der Waals surface area (Å²) in [5, 5.41) is 7.88. The third kappa shape index (κ3) is 68.5. The summed E-state index contributed by atoms with van der Waals surface area (Å²) in [6, 6.07) is 0. The van der Waals surface area contributed by atoms with Gasteiger partial charge in [-0.25, -0.2) is 0 Å². The van der Waals surface area contributed by atoms with Crippen LogP contribution < -0.4 is 0 Å². The second-order valence-corrected chi connectivity index (χ2v) is 3.43. The van der Waals surface area contributed by atoms with Crippen molar-refractivity contribution in [3.05, 3.63) is 0 Å². The average molecular weight is 179 g/mol. The molecule has 2 nitrogen and oxygen atoms in total. The Hall–Kier alpha value is 0.850. The lowest BCUT2D eigenvalue weighted by atomic mass is 10.5. The van der Waals surface area contributed by atoms with Gasteiger partial charge in [-0.2, -0.15) is 0 Å². The number of aliphatic hydroxyl groups excluding tert-OH is 1. The van der Waals surface area contributed by atoms with Crippen LogP contribution in [0.3, 0.4) is 0 Å². The van der Waals surface area contributed by atoms with E-state index in [1.165, 1.54) is 0 Å². The minimum atomic E-state index is -1.67. The highest BCUT2D eigenvalue weighted by atomic mass is 36.0. The smallest absolute Gasteiger partial charge is 0.198 e. The van der Waals surface area contributed by atoms with Crippen molar-refractivity contribution in [1.82, 2.24) is 0 Å². The van der Waals surface area contributed by atoms with Gasteiger partial charge in [0.1, 0.15) is 0 Å². The van der Waals surface area contributed by atoms with Crippen LogP contribution in [0.4, 0.5) is 0 Å². The van der Waals surface area contributed by atoms with Crippen molar-refractivity contribution in [3.8, 4) is 0 Å². The molecule has 0 aliphatic heterocycles. The molecule has 0 aromatic carbocycles. The zero-order valence-electron chi connectivity index (χ0n) is 4.43. The van der Waals surface area contributed by atoms with Crippen LogP contribution >= 0.6 is 21.4 Å². The molecule has 0 unspecified atom stereocenters. The summed E-state index contributed by atoms with van der Waals surface area (Å²) in [5.74, 6) is 0. The Kier molecular flexibility index (Phi) is 15.6. The molecule has 0 aliphatic carbocycles. The van der Waals surface area contributed by atoms with Gasteiger partial charge in [0.15, 0.2) is 31.0 Å². The molecule has 8 heavy (non-hydrogen) atoms. The van der Waals surface area contributed by atoms with Crippen LogP contribution in [-0.4, -0.2) is 16.3 Å². The van der Waals surface area contributed by atoms with Gasteiger partial charge in [0.2, 0.25) is 0 Å². The molecule has 0 rings (SSSR count). The van der Waals surface area contributed by atoms with E-state index in [2.05, 4.69) is 21.4 Å². The molecular weight excluding hydrogens is 171 g/mol. The summed E-state index contributed by atoms with van der Waals surface area (Å²) in [7, 11) is 7.36. The Bertz CT molecular complexity index is 31.7. The quantitative estimate of drug-likeness (QED) is 0.618. The van der Waals surface area contributed by atoms with E-state index >= 15 is 0 Å². The zero-order valence-corrected chi connectivity index (χ0v) is 6.76. The fourth-order valence-electron chi connectivity index (χ4n) is 0. The van der Waals surface area contributed by atoms with Crippen molar-refractivity contribution in [2.24, 2.45) is 0 Å². The van der Waals surface area contributed by atoms with Gasteiger partial charge < -0.3 is 9.66 Å². The number of hydrogen-bond donors (Lipinski definition) is 1. The molecule has 0 aliphatic rings. The maximum Gasteiger partial charge on any atom is 0.198 e. The Labute approximate surface area is 61.0 Å². The van der Waals surface area contributed by atoms with Crippen LogP contribution in [0.5, 0.6) is 0 Å². The van der Waals surface area contributed by atoms with E-state index in [1.54, 1.807) is 0 Å². The summed E-state index contributed by atoms with van der Waals surface area (Å²) < 4.78 is 9.09. The first-order valence-corrected chi connectivity index (χ1v) is 4.80. The molecular formula is C3H8Cl2O2S. The summed E-state index contributed by atoms with van der Waals surface area (Å²) in [6.07, 6.45) is 0.875. The van der Waals surface area contributed by atoms with Crippen molar-refractivity contribution in [2.45, 2.75) is 13.3 Å². The number of hydrogen-bond acceptors (Lipinski definition) is 2. The molecule has 52 valence electrons. The van der Waals surface area contributed by atoms with Crippen molar-refractivity contribution in [3.63, 3.8) is 0 Å². The molecule has 0 spiro atoms. The highest BCUT2D eigenvalue weighted by Crippen LogP contribution is 1.98. The van der Waals surface area contributed by atoms with Crippen LogP contribution in [0.1, 0.15) is 13.3 Å². The lowest BCUT2D eigenvalue weighted by Crippen LogP contribution is -1.69. The van der Waals surface area contributed by atoms with Gasteiger partial charge >= 0.3 is 0 Å². The summed E-state index contributed by atoms with van der Waals surface area (Å²) in [5.41, 5.74) is 0. The minimum Gasteiger partial charge on any atom is -0.582 e. The summed E-state index contributed by atoms with van der Waals surface area (Å²) >= 11 is 0. The molecule has 0 atom stereocenters. The summed E-state index contributed by atoms with van der Waals surface area (Å²) in [6.45, 7) is 2.25. The second-order valence-electron chi connectivity index (χ2n) is 0.908. The first-order chi connectivity index (χ1) is 3.65. The average Bonchev–Trinajstić information content (AvgIpc) is 1.65. The van der Waals surface area contributed by atoms with Crippen molar-refractivity contribution in [1.29, 1.82) is 0 Å². The van der Waals surface area contributed by atoms with E-state index < -0.39 is 9.60 Å². The Morgan fingerprint density at radius 1 is 1.62 bits per heavy atom. The molecule has 0 radical (unpaired) electrons. The SMILES string of the molecule is CCCO.[O-][S+](Cl)Cl. The number of aliphatic hydroxyl groups is 1. The Morgan fingerprint density at radius 3 is 1.75 bits per heavy atom. The molecule has 0 heterocycles. The van der Waals surface area contributed by atoms with E-state index in [9.17, 15) is 0 Å². The Morgan fingerprint density at radius 2 is 1.75 bits per heavy atom. The van der Waals surface area contributed by atoms with Crippen LogP contribution in [0.25, 0.3) is 0 Å². The Balaban J connectivity index is 0. The molecule has 0 aromatic rings. The fourth-order valence-corrected chi connectivity index (χ4v) is 0. The normalized spacial score (nSPS) is 8.25. The largest absolute Gasteiger partial charge is 0.582 e. The van der Waals surface area contributed by atoms with Gasteiger partial charge in [-0.05, 0) is 6.42 Å². The third-order valence-corrected chi connectivity index (χ3v) is 0.224. The molecule has 5 heteroatoms. The number of halogens is 2. The van der Waals surface area contributed by atoms with E-state index in [0.717, 1.165) is 6.42 Å². The van der Waals surface area contributed by atoms with Gasteiger partial charge in [-0.3, -0.25) is 0 Å².